The fraction of sp³-hybridized carbons (Fsp3) is 0.118. The Morgan fingerprint density at radius 3 is 1.91 bits per heavy atom. The number of rotatable bonds is 3. The van der Waals surface area contributed by atoms with E-state index in [-0.39, 0.29) is 5.91 Å². The Morgan fingerprint density at radius 1 is 0.909 bits per heavy atom. The van der Waals surface area contributed by atoms with Gasteiger partial charge >= 0.3 is 0 Å². The molecule has 1 amide bonds. The Labute approximate surface area is 129 Å². The summed E-state index contributed by atoms with van der Waals surface area (Å²) in [6, 6.07) is 18.6. The Hall–Kier alpha value is -2.79. The van der Waals surface area contributed by atoms with Crippen LogP contribution in [0.3, 0.4) is 0 Å². The highest BCUT2D eigenvalue weighted by atomic mass is 16.3. The number of amides is 1. The molecule has 1 unspecified atom stereocenters. The third-order valence-corrected chi connectivity index (χ3v) is 3.54. The number of para-hydroxylation sites is 2. The maximum atomic E-state index is 12.4. The molecule has 2 N–H and O–H groups in total. The van der Waals surface area contributed by atoms with Crippen molar-refractivity contribution in [2.45, 2.75) is 6.35 Å². The highest BCUT2D eigenvalue weighted by Crippen LogP contribution is 2.28. The van der Waals surface area contributed by atoms with Gasteiger partial charge in [-0.3, -0.25) is 14.6 Å². The van der Waals surface area contributed by atoms with Crippen LogP contribution < -0.4 is 15.1 Å². The largest absolute Gasteiger partial charge is 0.374 e. The van der Waals surface area contributed by atoms with Gasteiger partial charge in [0.25, 0.3) is 5.91 Å². The number of carbonyl (C=O) groups is 1. The maximum absolute atomic E-state index is 12.4. The van der Waals surface area contributed by atoms with Crippen LogP contribution in [0.1, 0.15) is 0 Å². The predicted molar refractivity (Wildman–Crippen MR) is 86.0 cm³/mol. The molecule has 0 aliphatic carbocycles. The molecule has 2 aromatic carbocycles. The van der Waals surface area contributed by atoms with Crippen LogP contribution >= 0.6 is 0 Å². The van der Waals surface area contributed by atoms with Crippen LogP contribution in [0, 0.1) is 0 Å². The SMILES string of the molecule is CNC1=CC(=O)N(c2ccccc2)C(O)N1c1ccccc1. The summed E-state index contributed by atoms with van der Waals surface area (Å²) in [6.07, 6.45) is 0.358. The van der Waals surface area contributed by atoms with Crippen LogP contribution in [0.25, 0.3) is 0 Å². The minimum absolute atomic E-state index is 0.268. The Bertz CT molecular complexity index is 686. The first-order chi connectivity index (χ1) is 10.7. The molecular formula is C17H17N3O2. The highest BCUT2D eigenvalue weighted by Gasteiger charge is 2.34. The summed E-state index contributed by atoms with van der Waals surface area (Å²) in [7, 11) is 1.72. The summed E-state index contributed by atoms with van der Waals surface area (Å²) >= 11 is 0. The Balaban J connectivity index is 2.06. The topological polar surface area (TPSA) is 55.8 Å². The molecule has 2 aromatic rings. The molecule has 1 heterocycles. The molecule has 0 aromatic heterocycles. The minimum atomic E-state index is -1.12. The lowest BCUT2D eigenvalue weighted by Crippen LogP contribution is -2.56. The second kappa shape index (κ2) is 5.91. The standard InChI is InChI=1S/C17H17N3O2/c1-18-15-12-16(21)20(14-10-6-3-7-11-14)17(22)19(15)13-8-4-2-5-9-13/h2-12,17-18,22H,1H3. The summed E-state index contributed by atoms with van der Waals surface area (Å²) in [6.45, 7) is 0. The van der Waals surface area contributed by atoms with Gasteiger partial charge in [0.15, 0.2) is 0 Å². The zero-order chi connectivity index (χ0) is 15.5. The first-order valence-electron chi connectivity index (χ1n) is 7.02. The predicted octanol–water partition coefficient (Wildman–Crippen LogP) is 1.88. The smallest absolute Gasteiger partial charge is 0.258 e. The molecule has 0 bridgehead atoms. The van der Waals surface area contributed by atoms with Crippen molar-refractivity contribution in [1.82, 2.24) is 5.32 Å². The van der Waals surface area contributed by atoms with E-state index in [1.54, 1.807) is 24.1 Å². The number of nitrogens with zero attached hydrogens (tertiary/aromatic N) is 2. The van der Waals surface area contributed by atoms with Crippen molar-refractivity contribution >= 4 is 17.3 Å². The number of nitrogens with one attached hydrogen (secondary N) is 1. The fourth-order valence-electron chi connectivity index (χ4n) is 2.51. The van der Waals surface area contributed by atoms with Crippen molar-refractivity contribution in [3.63, 3.8) is 0 Å². The fourth-order valence-corrected chi connectivity index (χ4v) is 2.51. The van der Waals surface area contributed by atoms with Gasteiger partial charge in [-0.1, -0.05) is 36.4 Å². The third kappa shape index (κ3) is 2.42. The van der Waals surface area contributed by atoms with Crippen molar-refractivity contribution in [2.24, 2.45) is 0 Å². The average Bonchev–Trinajstić information content (AvgIpc) is 2.56. The van der Waals surface area contributed by atoms with E-state index >= 15 is 0 Å². The number of carbonyl (C=O) groups excluding carboxylic acids is 1. The van der Waals surface area contributed by atoms with Gasteiger partial charge in [0, 0.05) is 24.5 Å². The van der Waals surface area contributed by atoms with E-state index in [4.69, 9.17) is 0 Å². The lowest BCUT2D eigenvalue weighted by molar-refractivity contribution is -0.116. The van der Waals surface area contributed by atoms with Crippen LogP contribution in [0.2, 0.25) is 0 Å². The molecule has 22 heavy (non-hydrogen) atoms. The van der Waals surface area contributed by atoms with Crippen molar-refractivity contribution in [2.75, 3.05) is 16.8 Å². The summed E-state index contributed by atoms with van der Waals surface area (Å²) < 4.78 is 0. The molecule has 0 saturated heterocycles. The van der Waals surface area contributed by atoms with Gasteiger partial charge < -0.3 is 10.4 Å². The first kappa shape index (κ1) is 14.2. The van der Waals surface area contributed by atoms with E-state index in [1.165, 1.54) is 11.0 Å². The molecule has 3 rings (SSSR count). The van der Waals surface area contributed by atoms with Crippen LogP contribution in [0.15, 0.2) is 72.6 Å². The number of aliphatic hydroxyl groups excluding tert-OH is 1. The number of aliphatic hydroxyl groups is 1. The normalized spacial score (nSPS) is 18.2. The number of hydrogen-bond donors (Lipinski definition) is 2. The van der Waals surface area contributed by atoms with Gasteiger partial charge in [-0.25, -0.2) is 0 Å². The molecule has 5 nitrogen and oxygen atoms in total. The summed E-state index contributed by atoms with van der Waals surface area (Å²) in [5.74, 6) is 0.283. The first-order valence-corrected chi connectivity index (χ1v) is 7.02. The van der Waals surface area contributed by atoms with Crippen LogP contribution in [0.4, 0.5) is 11.4 Å². The zero-order valence-electron chi connectivity index (χ0n) is 12.2. The summed E-state index contributed by atoms with van der Waals surface area (Å²) in [5, 5.41) is 13.7. The van der Waals surface area contributed by atoms with Gasteiger partial charge in [-0.2, -0.15) is 0 Å². The highest BCUT2D eigenvalue weighted by molar-refractivity contribution is 6.04. The van der Waals surface area contributed by atoms with E-state index in [0.717, 1.165) is 5.69 Å². The van der Waals surface area contributed by atoms with Crippen molar-refractivity contribution in [3.8, 4) is 0 Å². The third-order valence-electron chi connectivity index (χ3n) is 3.54. The Morgan fingerprint density at radius 2 is 1.41 bits per heavy atom. The molecule has 0 spiro atoms. The van der Waals surface area contributed by atoms with Crippen LogP contribution in [-0.2, 0) is 4.79 Å². The lowest BCUT2D eigenvalue weighted by Gasteiger charge is -2.41. The van der Waals surface area contributed by atoms with Gasteiger partial charge in [0.1, 0.15) is 5.82 Å². The van der Waals surface area contributed by atoms with Crippen LogP contribution in [-0.4, -0.2) is 24.4 Å². The van der Waals surface area contributed by atoms with Crippen molar-refractivity contribution in [3.05, 3.63) is 72.6 Å². The summed E-state index contributed by atoms with van der Waals surface area (Å²) in [5.41, 5.74) is 1.44. The van der Waals surface area contributed by atoms with E-state index in [9.17, 15) is 9.90 Å². The Kier molecular flexibility index (Phi) is 3.80. The molecule has 5 heteroatoms. The monoisotopic (exact) mass is 295 g/mol. The second-order valence-corrected chi connectivity index (χ2v) is 4.88. The molecular weight excluding hydrogens is 278 g/mol. The molecule has 0 fully saturated rings. The van der Waals surface area contributed by atoms with Gasteiger partial charge in [-0.15, -0.1) is 0 Å². The molecule has 112 valence electrons. The van der Waals surface area contributed by atoms with Crippen molar-refractivity contribution in [1.29, 1.82) is 0 Å². The maximum Gasteiger partial charge on any atom is 0.258 e. The molecule has 0 radical (unpaired) electrons. The van der Waals surface area contributed by atoms with E-state index in [1.807, 2.05) is 48.5 Å². The van der Waals surface area contributed by atoms with E-state index < -0.39 is 6.35 Å². The van der Waals surface area contributed by atoms with Gasteiger partial charge in [0.2, 0.25) is 6.35 Å². The summed E-state index contributed by atoms with van der Waals surface area (Å²) in [4.78, 5) is 15.4. The van der Waals surface area contributed by atoms with E-state index in [0.29, 0.717) is 11.5 Å². The number of hydrogen-bond acceptors (Lipinski definition) is 4. The molecule has 1 aliphatic rings. The number of benzene rings is 2. The van der Waals surface area contributed by atoms with Gasteiger partial charge in [0.05, 0.1) is 0 Å². The second-order valence-electron chi connectivity index (χ2n) is 4.88. The molecule has 1 aliphatic heterocycles. The van der Waals surface area contributed by atoms with Crippen molar-refractivity contribution < 1.29 is 9.90 Å². The lowest BCUT2D eigenvalue weighted by atomic mass is 10.2. The zero-order valence-corrected chi connectivity index (χ0v) is 12.2. The number of anilines is 2. The molecule has 1 atom stereocenters. The van der Waals surface area contributed by atoms with Crippen LogP contribution in [0.5, 0.6) is 0 Å². The van der Waals surface area contributed by atoms with E-state index in [2.05, 4.69) is 5.32 Å². The van der Waals surface area contributed by atoms with Gasteiger partial charge in [-0.05, 0) is 24.3 Å². The minimum Gasteiger partial charge on any atom is -0.374 e. The quantitative estimate of drug-likeness (QED) is 0.908. The average molecular weight is 295 g/mol. The molecule has 0 saturated carbocycles.